The Balaban J connectivity index is 1.90. The Kier molecular flexibility index (Phi) is 5.17. The molecule has 2 aromatic carbocycles. The van der Waals surface area contributed by atoms with Crippen LogP contribution in [0.3, 0.4) is 0 Å². The zero-order valence-electron chi connectivity index (χ0n) is 15.1. The lowest BCUT2D eigenvalue weighted by Crippen LogP contribution is -2.11. The maximum atomic E-state index is 5.46. The Morgan fingerprint density at radius 2 is 1.65 bits per heavy atom. The van der Waals surface area contributed by atoms with E-state index in [4.69, 9.17) is 14.2 Å². The van der Waals surface area contributed by atoms with Crippen LogP contribution in [0.1, 0.15) is 5.56 Å². The summed E-state index contributed by atoms with van der Waals surface area (Å²) in [5, 5.41) is 6.09. The second-order valence-corrected chi connectivity index (χ2v) is 5.41. The van der Waals surface area contributed by atoms with E-state index in [-0.39, 0.29) is 0 Å². The number of hydrogen-bond donors (Lipinski definition) is 0. The van der Waals surface area contributed by atoms with Crippen molar-refractivity contribution >= 4 is 23.1 Å². The summed E-state index contributed by atoms with van der Waals surface area (Å²) in [6, 6.07) is 11.4. The SMILES string of the molecule is COc1ccc(/C=N\N(C)c2cnc3ccccc3n2)c(OC)c1OC. The molecule has 0 amide bonds. The quantitative estimate of drug-likeness (QED) is 0.501. The summed E-state index contributed by atoms with van der Waals surface area (Å²) >= 11 is 0. The summed E-state index contributed by atoms with van der Waals surface area (Å²) in [4.78, 5) is 8.97. The van der Waals surface area contributed by atoms with Gasteiger partial charge in [-0.05, 0) is 24.3 Å². The molecule has 1 heterocycles. The number of nitrogens with zero attached hydrogens (tertiary/aromatic N) is 4. The fraction of sp³-hybridized carbons (Fsp3) is 0.211. The lowest BCUT2D eigenvalue weighted by molar-refractivity contribution is 0.324. The van der Waals surface area contributed by atoms with Crippen molar-refractivity contribution in [3.8, 4) is 17.2 Å². The molecule has 0 aliphatic heterocycles. The van der Waals surface area contributed by atoms with Crippen molar-refractivity contribution in [1.29, 1.82) is 0 Å². The molecule has 0 saturated heterocycles. The molecular formula is C19H20N4O3. The minimum atomic E-state index is 0.520. The van der Waals surface area contributed by atoms with Crippen molar-refractivity contribution in [1.82, 2.24) is 9.97 Å². The number of hydrazone groups is 1. The van der Waals surface area contributed by atoms with E-state index in [1.165, 1.54) is 0 Å². The molecule has 0 aliphatic carbocycles. The highest BCUT2D eigenvalue weighted by Crippen LogP contribution is 2.39. The molecule has 0 atom stereocenters. The molecule has 134 valence electrons. The van der Waals surface area contributed by atoms with Crippen LogP contribution in [0, 0.1) is 0 Å². The molecule has 0 fully saturated rings. The van der Waals surface area contributed by atoms with E-state index >= 15 is 0 Å². The predicted molar refractivity (Wildman–Crippen MR) is 102 cm³/mol. The highest BCUT2D eigenvalue weighted by atomic mass is 16.5. The molecule has 0 N–H and O–H groups in total. The van der Waals surface area contributed by atoms with Crippen molar-refractivity contribution in [3.63, 3.8) is 0 Å². The minimum absolute atomic E-state index is 0.520. The first-order valence-corrected chi connectivity index (χ1v) is 7.96. The van der Waals surface area contributed by atoms with Crippen LogP contribution in [0.15, 0.2) is 47.7 Å². The van der Waals surface area contributed by atoms with E-state index in [0.717, 1.165) is 16.6 Å². The van der Waals surface area contributed by atoms with E-state index in [0.29, 0.717) is 23.1 Å². The Morgan fingerprint density at radius 1 is 0.923 bits per heavy atom. The van der Waals surface area contributed by atoms with Gasteiger partial charge < -0.3 is 14.2 Å². The third kappa shape index (κ3) is 3.37. The summed E-state index contributed by atoms with van der Waals surface area (Å²) in [6.45, 7) is 0. The Labute approximate surface area is 151 Å². The highest BCUT2D eigenvalue weighted by molar-refractivity contribution is 5.86. The van der Waals surface area contributed by atoms with Gasteiger partial charge in [0.05, 0.1) is 44.8 Å². The van der Waals surface area contributed by atoms with Gasteiger partial charge in [0.1, 0.15) is 0 Å². The Hall–Kier alpha value is -3.35. The molecule has 0 radical (unpaired) electrons. The molecule has 0 unspecified atom stereocenters. The summed E-state index contributed by atoms with van der Waals surface area (Å²) in [5.74, 6) is 2.30. The number of methoxy groups -OCH3 is 3. The third-order valence-electron chi connectivity index (χ3n) is 3.87. The fourth-order valence-electron chi connectivity index (χ4n) is 2.54. The number of fused-ring (bicyclic) bond motifs is 1. The summed E-state index contributed by atoms with van der Waals surface area (Å²) in [5.41, 5.74) is 2.41. The number of hydrogen-bond acceptors (Lipinski definition) is 7. The van der Waals surface area contributed by atoms with Gasteiger partial charge in [0.25, 0.3) is 0 Å². The lowest BCUT2D eigenvalue weighted by atomic mass is 10.2. The summed E-state index contributed by atoms with van der Waals surface area (Å²) in [6.07, 6.45) is 3.36. The molecule has 7 nitrogen and oxygen atoms in total. The fourth-order valence-corrected chi connectivity index (χ4v) is 2.54. The standard InChI is InChI=1S/C19H20N4O3/c1-23(17-12-20-14-7-5-6-8-15(14)22-17)21-11-13-9-10-16(24-2)19(26-4)18(13)25-3/h5-12H,1-4H3/b21-11-. The van der Waals surface area contributed by atoms with Gasteiger partial charge in [-0.3, -0.25) is 4.98 Å². The van der Waals surface area contributed by atoms with Gasteiger partial charge in [-0.25, -0.2) is 9.99 Å². The van der Waals surface area contributed by atoms with E-state index in [2.05, 4.69) is 15.1 Å². The van der Waals surface area contributed by atoms with Crippen LogP contribution in [0.4, 0.5) is 5.82 Å². The Morgan fingerprint density at radius 3 is 2.35 bits per heavy atom. The number of aromatic nitrogens is 2. The van der Waals surface area contributed by atoms with E-state index in [1.54, 1.807) is 44.8 Å². The van der Waals surface area contributed by atoms with Crippen LogP contribution in [0.25, 0.3) is 11.0 Å². The first-order valence-electron chi connectivity index (χ1n) is 7.96. The zero-order valence-corrected chi connectivity index (χ0v) is 15.1. The number of para-hydroxylation sites is 2. The molecule has 0 spiro atoms. The Bertz CT molecular complexity index is 943. The monoisotopic (exact) mass is 352 g/mol. The molecule has 0 saturated carbocycles. The van der Waals surface area contributed by atoms with Gasteiger partial charge in [-0.1, -0.05) is 12.1 Å². The first-order chi connectivity index (χ1) is 12.7. The third-order valence-corrected chi connectivity index (χ3v) is 3.87. The van der Waals surface area contributed by atoms with Crippen LogP contribution in [0.2, 0.25) is 0 Å². The van der Waals surface area contributed by atoms with Gasteiger partial charge in [0.2, 0.25) is 5.75 Å². The minimum Gasteiger partial charge on any atom is -0.493 e. The van der Waals surface area contributed by atoms with E-state index < -0.39 is 0 Å². The van der Waals surface area contributed by atoms with Crippen LogP contribution in [-0.2, 0) is 0 Å². The maximum absolute atomic E-state index is 5.46. The van der Waals surface area contributed by atoms with Crippen LogP contribution < -0.4 is 19.2 Å². The van der Waals surface area contributed by atoms with Crippen LogP contribution in [-0.4, -0.2) is 44.6 Å². The van der Waals surface area contributed by atoms with Gasteiger partial charge in [-0.15, -0.1) is 0 Å². The molecule has 0 aliphatic rings. The second kappa shape index (κ2) is 7.69. The van der Waals surface area contributed by atoms with Crippen LogP contribution in [0.5, 0.6) is 17.2 Å². The summed E-state index contributed by atoms with van der Waals surface area (Å²) in [7, 11) is 6.53. The van der Waals surface area contributed by atoms with Gasteiger partial charge in [0, 0.05) is 12.6 Å². The van der Waals surface area contributed by atoms with Crippen molar-refractivity contribution in [3.05, 3.63) is 48.2 Å². The molecule has 0 bridgehead atoms. The van der Waals surface area contributed by atoms with Crippen LogP contribution >= 0.6 is 0 Å². The van der Waals surface area contributed by atoms with E-state index in [1.807, 2.05) is 37.4 Å². The lowest BCUT2D eigenvalue weighted by Gasteiger charge is -2.15. The molecule has 3 aromatic rings. The first kappa shape index (κ1) is 17.5. The highest BCUT2D eigenvalue weighted by Gasteiger charge is 2.15. The molecule has 3 rings (SSSR count). The number of rotatable bonds is 6. The maximum Gasteiger partial charge on any atom is 0.203 e. The van der Waals surface area contributed by atoms with Gasteiger partial charge in [0.15, 0.2) is 17.3 Å². The van der Waals surface area contributed by atoms with Crippen molar-refractivity contribution in [2.24, 2.45) is 5.10 Å². The number of anilines is 1. The van der Waals surface area contributed by atoms with Crippen molar-refractivity contribution < 1.29 is 14.2 Å². The second-order valence-electron chi connectivity index (χ2n) is 5.41. The normalized spacial score (nSPS) is 10.9. The molecule has 26 heavy (non-hydrogen) atoms. The molecule has 7 heteroatoms. The van der Waals surface area contributed by atoms with Gasteiger partial charge >= 0.3 is 0 Å². The molecular weight excluding hydrogens is 332 g/mol. The largest absolute Gasteiger partial charge is 0.493 e. The van der Waals surface area contributed by atoms with Gasteiger partial charge in [-0.2, -0.15) is 5.10 Å². The number of ether oxygens (including phenoxy) is 3. The summed E-state index contributed by atoms with van der Waals surface area (Å²) < 4.78 is 16.1. The average Bonchev–Trinajstić information content (AvgIpc) is 2.70. The average molecular weight is 352 g/mol. The predicted octanol–water partition coefficient (Wildman–Crippen LogP) is 3.13. The smallest absolute Gasteiger partial charge is 0.203 e. The van der Waals surface area contributed by atoms with E-state index in [9.17, 15) is 0 Å². The number of benzene rings is 2. The topological polar surface area (TPSA) is 69.1 Å². The van der Waals surface area contributed by atoms with Crippen molar-refractivity contribution in [2.75, 3.05) is 33.4 Å². The molecule has 1 aromatic heterocycles. The van der Waals surface area contributed by atoms with Crippen molar-refractivity contribution in [2.45, 2.75) is 0 Å². The zero-order chi connectivity index (χ0) is 18.5.